The first kappa shape index (κ1) is 18.4. The van der Waals surface area contributed by atoms with Crippen LogP contribution in [-0.2, 0) is 6.54 Å². The standard InChI is InChI=1S/C20H28N4O3/c1-22-5-7-24(8-6-22)18-12-23(13-19(18)25)11-15-9-14-10-16(27-2)3-4-17(14)21-20(15)26/h3-4,9-10,18-19,25H,5-8,11-13H2,1-2H3,(H,21,26)/t18-,19-/m1/s1. The molecule has 7 heteroatoms. The van der Waals surface area contributed by atoms with E-state index in [4.69, 9.17) is 4.74 Å². The maximum absolute atomic E-state index is 12.5. The Morgan fingerprint density at radius 1 is 1.19 bits per heavy atom. The number of H-pyrrole nitrogens is 1. The number of aliphatic hydroxyl groups is 1. The highest BCUT2D eigenvalue weighted by Gasteiger charge is 2.36. The van der Waals surface area contributed by atoms with Gasteiger partial charge < -0.3 is 19.7 Å². The Hall–Kier alpha value is -1.93. The minimum Gasteiger partial charge on any atom is -0.497 e. The van der Waals surface area contributed by atoms with Gasteiger partial charge in [-0.3, -0.25) is 14.6 Å². The topological polar surface area (TPSA) is 72.0 Å². The molecule has 7 nitrogen and oxygen atoms in total. The molecule has 0 amide bonds. The van der Waals surface area contributed by atoms with Gasteiger partial charge in [0.05, 0.1) is 13.2 Å². The Morgan fingerprint density at radius 2 is 1.96 bits per heavy atom. The van der Waals surface area contributed by atoms with Crippen LogP contribution < -0.4 is 10.3 Å². The van der Waals surface area contributed by atoms with Gasteiger partial charge in [-0.15, -0.1) is 0 Å². The van der Waals surface area contributed by atoms with E-state index in [0.29, 0.717) is 13.1 Å². The number of likely N-dealkylation sites (N-methyl/N-ethyl adjacent to an activating group) is 1. The average Bonchev–Trinajstić information content (AvgIpc) is 3.03. The summed E-state index contributed by atoms with van der Waals surface area (Å²) in [6.07, 6.45) is -0.368. The molecular formula is C20H28N4O3. The van der Waals surface area contributed by atoms with Crippen molar-refractivity contribution < 1.29 is 9.84 Å². The van der Waals surface area contributed by atoms with Crippen LogP contribution in [0.5, 0.6) is 5.75 Å². The summed E-state index contributed by atoms with van der Waals surface area (Å²) in [5, 5.41) is 11.5. The molecule has 4 rings (SSSR count). The fraction of sp³-hybridized carbons (Fsp3) is 0.550. The Labute approximate surface area is 159 Å². The number of nitrogens with one attached hydrogen (secondary N) is 1. The second kappa shape index (κ2) is 7.59. The number of rotatable bonds is 4. The number of hydrogen-bond donors (Lipinski definition) is 2. The van der Waals surface area contributed by atoms with Crippen molar-refractivity contribution in [3.8, 4) is 5.75 Å². The number of aliphatic hydroxyl groups excluding tert-OH is 1. The first-order chi connectivity index (χ1) is 13.0. The lowest BCUT2D eigenvalue weighted by Gasteiger charge is -2.37. The molecule has 2 aromatic rings. The van der Waals surface area contributed by atoms with Gasteiger partial charge in [0.1, 0.15) is 5.75 Å². The van der Waals surface area contributed by atoms with E-state index in [-0.39, 0.29) is 17.7 Å². The number of β-amino-alcohol motifs (C(OH)–C–C–N with tert-alkyl or cyclic N) is 1. The van der Waals surface area contributed by atoms with Crippen molar-refractivity contribution in [2.75, 3.05) is 53.4 Å². The Balaban J connectivity index is 1.49. The molecule has 1 aromatic carbocycles. The molecule has 2 atom stereocenters. The minimum atomic E-state index is -0.368. The molecule has 0 radical (unpaired) electrons. The lowest BCUT2D eigenvalue weighted by molar-refractivity contribution is 0.0512. The molecule has 2 aliphatic rings. The molecule has 0 spiro atoms. The molecule has 0 aliphatic carbocycles. The highest BCUT2D eigenvalue weighted by atomic mass is 16.5. The SMILES string of the molecule is COc1ccc2[nH]c(=O)c(CN3C[C@@H](O)[C@H](N4CCN(C)CC4)C3)cc2c1. The second-order valence-corrected chi connectivity index (χ2v) is 7.74. The molecule has 3 heterocycles. The predicted octanol–water partition coefficient (Wildman–Crippen LogP) is 0.329. The normalized spacial score (nSPS) is 25.3. The molecule has 2 saturated heterocycles. The fourth-order valence-corrected chi connectivity index (χ4v) is 4.20. The van der Waals surface area contributed by atoms with Crippen molar-refractivity contribution in [3.05, 3.63) is 40.2 Å². The number of piperazine rings is 1. The van der Waals surface area contributed by atoms with Crippen LogP contribution in [-0.4, -0.2) is 90.4 Å². The summed E-state index contributed by atoms with van der Waals surface area (Å²) < 4.78 is 5.28. The van der Waals surface area contributed by atoms with Crippen LogP contribution in [0.3, 0.4) is 0 Å². The number of pyridine rings is 1. The highest BCUT2D eigenvalue weighted by Crippen LogP contribution is 2.22. The molecule has 0 unspecified atom stereocenters. The number of aromatic nitrogens is 1. The third-order valence-electron chi connectivity index (χ3n) is 5.86. The van der Waals surface area contributed by atoms with Gasteiger partial charge >= 0.3 is 0 Å². The van der Waals surface area contributed by atoms with Gasteiger partial charge in [-0.1, -0.05) is 0 Å². The number of ether oxygens (including phenoxy) is 1. The number of likely N-dealkylation sites (tertiary alicyclic amines) is 1. The lowest BCUT2D eigenvalue weighted by atomic mass is 10.1. The Kier molecular flexibility index (Phi) is 5.19. The van der Waals surface area contributed by atoms with Crippen molar-refractivity contribution >= 4 is 10.9 Å². The number of aromatic amines is 1. The van der Waals surface area contributed by atoms with E-state index >= 15 is 0 Å². The van der Waals surface area contributed by atoms with Crippen molar-refractivity contribution in [2.45, 2.75) is 18.7 Å². The number of fused-ring (bicyclic) bond motifs is 1. The summed E-state index contributed by atoms with van der Waals surface area (Å²) in [5.41, 5.74) is 1.47. The largest absolute Gasteiger partial charge is 0.497 e. The molecule has 2 aliphatic heterocycles. The van der Waals surface area contributed by atoms with E-state index in [1.54, 1.807) is 7.11 Å². The van der Waals surface area contributed by atoms with E-state index in [0.717, 1.165) is 54.9 Å². The zero-order valence-electron chi connectivity index (χ0n) is 16.0. The smallest absolute Gasteiger partial charge is 0.252 e. The van der Waals surface area contributed by atoms with Crippen LogP contribution in [0.25, 0.3) is 10.9 Å². The molecule has 2 N–H and O–H groups in total. The summed E-state index contributed by atoms with van der Waals surface area (Å²) >= 11 is 0. The maximum atomic E-state index is 12.5. The summed E-state index contributed by atoms with van der Waals surface area (Å²) in [6.45, 7) is 5.99. The van der Waals surface area contributed by atoms with Gasteiger partial charge in [0, 0.05) is 68.3 Å². The summed E-state index contributed by atoms with van der Waals surface area (Å²) in [7, 11) is 3.77. The molecule has 27 heavy (non-hydrogen) atoms. The fourth-order valence-electron chi connectivity index (χ4n) is 4.20. The van der Waals surface area contributed by atoms with Crippen LogP contribution >= 0.6 is 0 Å². The van der Waals surface area contributed by atoms with E-state index in [2.05, 4.69) is 26.7 Å². The van der Waals surface area contributed by atoms with Crippen LogP contribution in [0.2, 0.25) is 0 Å². The first-order valence-electron chi connectivity index (χ1n) is 9.56. The van der Waals surface area contributed by atoms with E-state index in [1.807, 2.05) is 24.3 Å². The molecule has 0 saturated carbocycles. The van der Waals surface area contributed by atoms with Crippen molar-refractivity contribution in [3.63, 3.8) is 0 Å². The second-order valence-electron chi connectivity index (χ2n) is 7.74. The zero-order valence-corrected chi connectivity index (χ0v) is 16.0. The van der Waals surface area contributed by atoms with Gasteiger partial charge in [-0.25, -0.2) is 0 Å². The number of hydrogen-bond acceptors (Lipinski definition) is 6. The third-order valence-corrected chi connectivity index (χ3v) is 5.86. The number of nitrogens with zero attached hydrogens (tertiary/aromatic N) is 3. The van der Waals surface area contributed by atoms with Crippen molar-refractivity contribution in [2.24, 2.45) is 0 Å². The molecule has 146 valence electrons. The van der Waals surface area contributed by atoms with E-state index in [1.165, 1.54) is 0 Å². The number of methoxy groups -OCH3 is 1. The van der Waals surface area contributed by atoms with Crippen LogP contribution in [0.1, 0.15) is 5.56 Å². The number of benzene rings is 1. The van der Waals surface area contributed by atoms with Crippen LogP contribution in [0.4, 0.5) is 0 Å². The van der Waals surface area contributed by atoms with Crippen molar-refractivity contribution in [1.82, 2.24) is 19.7 Å². The van der Waals surface area contributed by atoms with Crippen LogP contribution in [0.15, 0.2) is 29.1 Å². The molecule has 0 bridgehead atoms. The van der Waals surface area contributed by atoms with Crippen molar-refractivity contribution in [1.29, 1.82) is 0 Å². The quantitative estimate of drug-likeness (QED) is 0.806. The Morgan fingerprint density at radius 3 is 2.70 bits per heavy atom. The van der Waals surface area contributed by atoms with Gasteiger partial charge in [0.25, 0.3) is 5.56 Å². The zero-order chi connectivity index (χ0) is 19.0. The van der Waals surface area contributed by atoms with E-state index < -0.39 is 0 Å². The van der Waals surface area contributed by atoms with Gasteiger partial charge in [0.2, 0.25) is 0 Å². The first-order valence-corrected chi connectivity index (χ1v) is 9.56. The van der Waals surface area contributed by atoms with E-state index in [9.17, 15) is 9.90 Å². The maximum Gasteiger partial charge on any atom is 0.252 e. The average molecular weight is 372 g/mol. The molecular weight excluding hydrogens is 344 g/mol. The molecule has 2 fully saturated rings. The molecule has 1 aromatic heterocycles. The van der Waals surface area contributed by atoms with Gasteiger partial charge in [-0.05, 0) is 31.3 Å². The predicted molar refractivity (Wildman–Crippen MR) is 105 cm³/mol. The minimum absolute atomic E-state index is 0.0646. The van der Waals surface area contributed by atoms with Gasteiger partial charge in [-0.2, -0.15) is 0 Å². The lowest BCUT2D eigenvalue weighted by Crippen LogP contribution is -2.52. The Bertz CT molecular complexity index is 860. The van der Waals surface area contributed by atoms with Crippen LogP contribution in [0, 0.1) is 0 Å². The highest BCUT2D eigenvalue weighted by molar-refractivity contribution is 5.80. The summed E-state index contributed by atoms with van der Waals surface area (Å²) in [4.78, 5) is 22.3. The third kappa shape index (κ3) is 3.87. The monoisotopic (exact) mass is 372 g/mol. The van der Waals surface area contributed by atoms with Gasteiger partial charge in [0.15, 0.2) is 0 Å². The summed E-state index contributed by atoms with van der Waals surface area (Å²) in [5.74, 6) is 0.771. The summed E-state index contributed by atoms with van der Waals surface area (Å²) in [6, 6.07) is 7.73.